The van der Waals surface area contributed by atoms with Gasteiger partial charge in [-0.1, -0.05) is 19.0 Å². The van der Waals surface area contributed by atoms with E-state index in [0.29, 0.717) is 0 Å². The average molecular weight is 218 g/mol. The van der Waals surface area contributed by atoms with E-state index in [1.54, 1.807) is 0 Å². The Hall–Kier alpha value is 0.790. The van der Waals surface area contributed by atoms with E-state index in [9.17, 15) is 0 Å². The number of halogens is 1. The van der Waals surface area contributed by atoms with Gasteiger partial charge in [-0.25, -0.2) is 0 Å². The van der Waals surface area contributed by atoms with E-state index < -0.39 is 0 Å². The number of nitrogens with zero attached hydrogens (tertiary/aromatic N) is 1. The second kappa shape index (κ2) is 25.0. The Balaban J connectivity index is -0.0000000267. The summed E-state index contributed by atoms with van der Waals surface area (Å²) in [4.78, 5) is 0. The normalized spacial score (nSPS) is 5.25. The first-order chi connectivity index (χ1) is 2.41. The van der Waals surface area contributed by atoms with E-state index >= 15 is 0 Å². The molecule has 4 heteroatoms. The molecule has 0 N–H and O–H groups in total. The second-order valence-electron chi connectivity index (χ2n) is 0.489. The minimum absolute atomic E-state index is 0. The summed E-state index contributed by atoms with van der Waals surface area (Å²) < 4.78 is 3.92. The van der Waals surface area contributed by atoms with Gasteiger partial charge in [0.15, 0.2) is 0 Å². The van der Waals surface area contributed by atoms with Crippen molar-refractivity contribution in [2.24, 2.45) is 0 Å². The predicted molar refractivity (Wildman–Crippen MR) is 41.3 cm³/mol. The van der Waals surface area contributed by atoms with Gasteiger partial charge >= 0.3 is 16.7 Å². The second-order valence-corrected chi connectivity index (χ2v) is 2.00. The van der Waals surface area contributed by atoms with E-state index in [4.69, 9.17) is 0 Å². The maximum Gasteiger partial charge on any atom is 0.358 e. The molecule has 0 radical (unpaired) electrons. The van der Waals surface area contributed by atoms with Crippen molar-refractivity contribution in [1.82, 2.24) is 4.17 Å². The van der Waals surface area contributed by atoms with Crippen LogP contribution in [-0.2, 0) is 0 Å². The van der Waals surface area contributed by atoms with E-state index in [1.165, 1.54) is 0 Å². The molecule has 0 aliphatic heterocycles. The zero-order chi connectivity index (χ0) is 4.12. The van der Waals surface area contributed by atoms with Crippen LogP contribution in [-0.4, -0.2) is 13.3 Å². The van der Waals surface area contributed by atoms with Crippen molar-refractivity contribution >= 4 is 16.7 Å². The Kier molecular flexibility index (Phi) is 72.7. The lowest BCUT2D eigenvalue weighted by Gasteiger charge is -1.25. The Morgan fingerprint density at radius 3 is 1.25 bits per heavy atom. The highest BCUT2D eigenvalue weighted by Gasteiger charge is 1.61. The van der Waals surface area contributed by atoms with Crippen molar-refractivity contribution in [3.63, 3.8) is 0 Å². The molecule has 0 saturated carbocycles. The van der Waals surface area contributed by atoms with Gasteiger partial charge in [-0.2, -0.15) is 0 Å². The van der Waals surface area contributed by atoms with Gasteiger partial charge in [0, 0.05) is 0 Å². The molecular weight excluding hydrogens is 204 g/mol. The van der Waals surface area contributed by atoms with Gasteiger partial charge in [-0.15, -0.1) is 0 Å². The van der Waals surface area contributed by atoms with Crippen LogP contribution in [0.5, 0.6) is 0 Å². The summed E-state index contributed by atoms with van der Waals surface area (Å²) in [6, 6.07) is 0. The van der Waals surface area contributed by atoms with Crippen molar-refractivity contribution in [2.75, 3.05) is 13.3 Å². The molecule has 0 unspecified atom stereocenters. The van der Waals surface area contributed by atoms with Gasteiger partial charge in [-0.3, -0.25) is 0 Å². The first kappa shape index (κ1) is 23.2. The van der Waals surface area contributed by atoms with Crippen molar-refractivity contribution in [3.8, 4) is 0 Å². The fourth-order valence-electron chi connectivity index (χ4n) is 0.0894. The summed E-state index contributed by atoms with van der Waals surface area (Å²) in [6.07, 6.45) is 0. The third-order valence-corrected chi connectivity index (χ3v) is 1.61. The van der Waals surface area contributed by atoms with Crippen LogP contribution in [0.3, 0.4) is 0 Å². The molecule has 1 nitrogen and oxygen atoms in total. The molecule has 0 atom stereocenters. The largest absolute Gasteiger partial charge is 1.00 e. The molecule has 0 bridgehead atoms. The zero-order valence-electron chi connectivity index (χ0n) is 3.72. The third-order valence-electron chi connectivity index (χ3n) is 0.179. The summed E-state index contributed by atoms with van der Waals surface area (Å²) in [7, 11) is 2.28. The lowest BCUT2D eigenvalue weighted by Crippen LogP contribution is -3.00. The Labute approximate surface area is 66.4 Å². The maximum atomic E-state index is 3.92. The molecule has 0 amide bonds. The Morgan fingerprint density at radius 1 is 1.00 bits per heavy atom. The molecule has 0 fully saturated rings. The fraction of sp³-hybridized carbons (Fsp3) is 1.00. The number of rotatable bonds is 0. The minimum atomic E-state index is 0. The Bertz CT molecular complexity index is 62.4. The zero-order valence-corrected chi connectivity index (χ0v) is 7.09. The quantitative estimate of drug-likeness (QED) is 0.396. The van der Waals surface area contributed by atoms with Gasteiger partial charge in [0.1, 0.15) is 0 Å². The van der Waals surface area contributed by atoms with Crippen molar-refractivity contribution < 1.29 is 17.0 Å². The van der Waals surface area contributed by atoms with Gasteiger partial charge < -0.3 is 17.0 Å². The van der Waals surface area contributed by atoms with Gasteiger partial charge in [-0.05, 0) is 0 Å². The minimum Gasteiger partial charge on any atom is -1.00 e. The smallest absolute Gasteiger partial charge is 0.358 e. The molecule has 0 aromatic carbocycles. The molecule has 8 heavy (non-hydrogen) atoms. The molecule has 0 aliphatic rings. The monoisotopic (exact) mass is 217 g/mol. The predicted octanol–water partition coefficient (Wildman–Crippen LogP) is -0.151. The SMILES string of the molecule is C.C.CP=[N+]=PC.[Br-]. The highest BCUT2D eigenvalue weighted by molar-refractivity contribution is 7.33. The molecule has 0 spiro atoms. The molecule has 0 rings (SSSR count). The summed E-state index contributed by atoms with van der Waals surface area (Å²) in [5, 5.41) is 0. The van der Waals surface area contributed by atoms with Crippen LogP contribution in [0.4, 0.5) is 0 Å². The van der Waals surface area contributed by atoms with E-state index in [2.05, 4.69) is 4.17 Å². The Morgan fingerprint density at radius 2 is 1.25 bits per heavy atom. The number of hydrogen-bond donors (Lipinski definition) is 0. The summed E-state index contributed by atoms with van der Waals surface area (Å²) in [5.41, 5.74) is 0. The molecule has 52 valence electrons. The van der Waals surface area contributed by atoms with Crippen LogP contribution in [0.2, 0.25) is 0 Å². The van der Waals surface area contributed by atoms with Crippen LogP contribution in [0, 0.1) is 0 Å². The molecule has 0 aromatic heterocycles. The molecule has 0 saturated heterocycles. The lowest BCUT2D eigenvalue weighted by molar-refractivity contribution is -0.00000202. The highest BCUT2D eigenvalue weighted by Crippen LogP contribution is 1.80. The van der Waals surface area contributed by atoms with E-state index in [-0.39, 0.29) is 31.8 Å². The molecular formula is C4H14BrNP2. The maximum absolute atomic E-state index is 3.92. The van der Waals surface area contributed by atoms with Crippen LogP contribution >= 0.6 is 16.7 Å². The summed E-state index contributed by atoms with van der Waals surface area (Å²) in [5.74, 6) is 0. The molecule has 0 aromatic rings. The number of hydrogen-bond acceptors (Lipinski definition) is 0. The third kappa shape index (κ3) is 29.2. The summed E-state index contributed by atoms with van der Waals surface area (Å²) in [6.45, 7) is 4.02. The first-order valence-electron chi connectivity index (χ1n) is 1.29. The van der Waals surface area contributed by atoms with E-state index in [1.807, 2.05) is 13.3 Å². The van der Waals surface area contributed by atoms with Crippen LogP contribution in [0.1, 0.15) is 14.9 Å². The molecule has 0 heterocycles. The van der Waals surface area contributed by atoms with Crippen LogP contribution in [0.15, 0.2) is 0 Å². The van der Waals surface area contributed by atoms with Gasteiger partial charge in [0.2, 0.25) is 0 Å². The molecule has 0 aliphatic carbocycles. The summed E-state index contributed by atoms with van der Waals surface area (Å²) >= 11 is 0. The lowest BCUT2D eigenvalue weighted by atomic mass is 12.0. The van der Waals surface area contributed by atoms with Crippen LogP contribution in [0.25, 0.3) is 0 Å². The van der Waals surface area contributed by atoms with Gasteiger partial charge in [0.25, 0.3) is 0 Å². The van der Waals surface area contributed by atoms with E-state index in [0.717, 1.165) is 16.7 Å². The first-order valence-corrected chi connectivity index (χ1v) is 3.88. The van der Waals surface area contributed by atoms with Gasteiger partial charge in [0.05, 0.1) is 13.3 Å². The topological polar surface area (TPSA) is 14.1 Å². The van der Waals surface area contributed by atoms with Crippen LogP contribution < -0.4 is 21.2 Å². The average Bonchev–Trinajstić information content (AvgIpc) is 1.41. The highest BCUT2D eigenvalue weighted by atomic mass is 79.9. The standard InChI is InChI=1S/C2H6NP2.2CH4.BrH/c1-4-3-5-2;;;/h1-2H3;2*1H4;1H/q+1;;;/p-1. The van der Waals surface area contributed by atoms with Crippen molar-refractivity contribution in [3.05, 3.63) is 0 Å². The van der Waals surface area contributed by atoms with Crippen molar-refractivity contribution in [2.45, 2.75) is 14.9 Å². The fourth-order valence-corrected chi connectivity index (χ4v) is 0.805. The van der Waals surface area contributed by atoms with Crippen molar-refractivity contribution in [1.29, 1.82) is 0 Å².